The topological polar surface area (TPSA) is 92.0 Å². The summed E-state index contributed by atoms with van der Waals surface area (Å²) in [7, 11) is 0. The predicted molar refractivity (Wildman–Crippen MR) is 65.3 cm³/mol. The monoisotopic (exact) mass is 231 g/mol. The Bertz CT molecular complexity index is 586. The minimum absolute atomic E-state index is 0.000755. The van der Waals surface area contributed by atoms with E-state index in [1.165, 1.54) is 0 Å². The van der Waals surface area contributed by atoms with Crippen LogP contribution in [0.4, 0.5) is 0 Å². The summed E-state index contributed by atoms with van der Waals surface area (Å²) in [6, 6.07) is 7.01. The van der Waals surface area contributed by atoms with Gasteiger partial charge in [0, 0.05) is 16.5 Å². The summed E-state index contributed by atoms with van der Waals surface area (Å²) in [5.74, 6) is -0.382. The van der Waals surface area contributed by atoms with Crippen molar-refractivity contribution in [1.29, 1.82) is 5.41 Å². The average molecular weight is 231 g/mol. The fourth-order valence-corrected chi connectivity index (χ4v) is 1.61. The summed E-state index contributed by atoms with van der Waals surface area (Å²) in [6.07, 6.45) is 0. The van der Waals surface area contributed by atoms with Crippen LogP contribution in [0, 0.1) is 5.41 Å². The van der Waals surface area contributed by atoms with Crippen LogP contribution >= 0.6 is 0 Å². The molecule has 17 heavy (non-hydrogen) atoms. The SMILES string of the molecule is CCOC(=O)c1cc2ccc(C(=N)N)cc2[nH]1. The molecule has 2 aromatic rings. The number of aromatic amines is 1. The van der Waals surface area contributed by atoms with Crippen LogP contribution in [-0.4, -0.2) is 23.4 Å². The Morgan fingerprint density at radius 3 is 2.88 bits per heavy atom. The van der Waals surface area contributed by atoms with Crippen LogP contribution in [0.25, 0.3) is 10.9 Å². The highest BCUT2D eigenvalue weighted by Gasteiger charge is 2.10. The fraction of sp³-hybridized carbons (Fsp3) is 0.167. The molecule has 0 aliphatic rings. The third kappa shape index (κ3) is 2.13. The Kier molecular flexibility index (Phi) is 2.82. The van der Waals surface area contributed by atoms with Crippen LogP contribution in [-0.2, 0) is 4.74 Å². The second-order valence-electron chi connectivity index (χ2n) is 3.62. The van der Waals surface area contributed by atoms with Crippen molar-refractivity contribution in [2.75, 3.05) is 6.61 Å². The first kappa shape index (κ1) is 11.2. The van der Waals surface area contributed by atoms with Gasteiger partial charge in [-0.05, 0) is 19.1 Å². The van der Waals surface area contributed by atoms with Crippen LogP contribution in [0.2, 0.25) is 0 Å². The van der Waals surface area contributed by atoms with E-state index in [1.807, 2.05) is 6.07 Å². The quantitative estimate of drug-likeness (QED) is 0.426. The summed E-state index contributed by atoms with van der Waals surface area (Å²) >= 11 is 0. The van der Waals surface area contributed by atoms with Gasteiger partial charge in [0.1, 0.15) is 11.5 Å². The number of H-pyrrole nitrogens is 1. The van der Waals surface area contributed by atoms with Gasteiger partial charge in [0.2, 0.25) is 0 Å². The molecule has 0 atom stereocenters. The van der Waals surface area contributed by atoms with E-state index in [4.69, 9.17) is 15.9 Å². The van der Waals surface area contributed by atoms with Crippen molar-refractivity contribution in [3.05, 3.63) is 35.5 Å². The van der Waals surface area contributed by atoms with Crippen LogP contribution in [0.15, 0.2) is 24.3 Å². The Morgan fingerprint density at radius 2 is 2.24 bits per heavy atom. The first-order chi connectivity index (χ1) is 8.11. The second kappa shape index (κ2) is 4.29. The molecular formula is C12H13N3O2. The van der Waals surface area contributed by atoms with E-state index in [2.05, 4.69) is 4.98 Å². The second-order valence-corrected chi connectivity index (χ2v) is 3.62. The zero-order valence-electron chi connectivity index (χ0n) is 9.41. The number of hydrogen-bond acceptors (Lipinski definition) is 3. The predicted octanol–water partition coefficient (Wildman–Crippen LogP) is 1.63. The van der Waals surface area contributed by atoms with E-state index in [-0.39, 0.29) is 11.8 Å². The summed E-state index contributed by atoms with van der Waals surface area (Å²) < 4.78 is 4.90. The number of ether oxygens (including phenoxy) is 1. The standard InChI is InChI=1S/C12H13N3O2/c1-2-17-12(16)10-5-7-3-4-8(11(13)14)6-9(7)15-10/h3-6,15H,2H2,1H3,(H3,13,14). The zero-order valence-corrected chi connectivity index (χ0v) is 9.41. The molecule has 88 valence electrons. The van der Waals surface area contributed by atoms with Gasteiger partial charge in [-0.2, -0.15) is 0 Å². The van der Waals surface area contributed by atoms with Crippen molar-refractivity contribution in [2.24, 2.45) is 5.73 Å². The van der Waals surface area contributed by atoms with Crippen molar-refractivity contribution >= 4 is 22.7 Å². The number of aromatic nitrogens is 1. The smallest absolute Gasteiger partial charge is 0.354 e. The van der Waals surface area contributed by atoms with E-state index >= 15 is 0 Å². The molecule has 1 heterocycles. The van der Waals surface area contributed by atoms with E-state index in [1.54, 1.807) is 25.1 Å². The number of carbonyl (C=O) groups is 1. The fourth-order valence-electron chi connectivity index (χ4n) is 1.61. The lowest BCUT2D eigenvalue weighted by Crippen LogP contribution is -2.10. The Balaban J connectivity index is 2.43. The molecular weight excluding hydrogens is 218 g/mol. The van der Waals surface area contributed by atoms with Gasteiger partial charge in [-0.1, -0.05) is 12.1 Å². The Hall–Kier alpha value is -2.30. The summed E-state index contributed by atoms with van der Waals surface area (Å²) in [4.78, 5) is 14.5. The van der Waals surface area contributed by atoms with Gasteiger partial charge in [-0.15, -0.1) is 0 Å². The number of amidine groups is 1. The van der Waals surface area contributed by atoms with Gasteiger partial charge in [0.25, 0.3) is 0 Å². The van der Waals surface area contributed by atoms with Crippen LogP contribution in [0.3, 0.4) is 0 Å². The molecule has 0 saturated heterocycles. The number of nitrogens with one attached hydrogen (secondary N) is 2. The van der Waals surface area contributed by atoms with Crippen LogP contribution in [0.5, 0.6) is 0 Å². The van der Waals surface area contributed by atoms with E-state index in [9.17, 15) is 4.79 Å². The Morgan fingerprint density at radius 1 is 1.47 bits per heavy atom. The van der Waals surface area contributed by atoms with Gasteiger partial charge in [0.05, 0.1) is 6.61 Å². The van der Waals surface area contributed by atoms with Crippen molar-refractivity contribution < 1.29 is 9.53 Å². The van der Waals surface area contributed by atoms with E-state index in [0.29, 0.717) is 17.9 Å². The highest BCUT2D eigenvalue weighted by molar-refractivity contribution is 6.00. The van der Waals surface area contributed by atoms with Crippen molar-refractivity contribution in [2.45, 2.75) is 6.92 Å². The van der Waals surface area contributed by atoms with Gasteiger partial charge in [0.15, 0.2) is 0 Å². The molecule has 0 bridgehead atoms. The third-order valence-electron chi connectivity index (χ3n) is 2.43. The maximum atomic E-state index is 11.5. The van der Waals surface area contributed by atoms with Gasteiger partial charge in [-0.25, -0.2) is 4.79 Å². The molecule has 0 unspecified atom stereocenters. The number of hydrogen-bond donors (Lipinski definition) is 3. The molecule has 5 nitrogen and oxygen atoms in total. The first-order valence-corrected chi connectivity index (χ1v) is 5.26. The number of carbonyl (C=O) groups excluding carboxylic acids is 1. The van der Waals surface area contributed by atoms with Crippen LogP contribution < -0.4 is 5.73 Å². The van der Waals surface area contributed by atoms with Crippen molar-refractivity contribution in [1.82, 2.24) is 4.98 Å². The van der Waals surface area contributed by atoms with E-state index < -0.39 is 0 Å². The number of rotatable bonds is 3. The zero-order chi connectivity index (χ0) is 12.4. The Labute approximate surface area is 98.1 Å². The molecule has 5 heteroatoms. The minimum Gasteiger partial charge on any atom is -0.461 e. The lowest BCUT2D eigenvalue weighted by molar-refractivity contribution is 0.0520. The number of nitrogen functional groups attached to an aromatic ring is 1. The number of benzene rings is 1. The van der Waals surface area contributed by atoms with Crippen molar-refractivity contribution in [3.63, 3.8) is 0 Å². The van der Waals surface area contributed by atoms with Gasteiger partial charge in [-0.3, -0.25) is 5.41 Å². The summed E-state index contributed by atoms with van der Waals surface area (Å²) in [6.45, 7) is 2.10. The van der Waals surface area contributed by atoms with E-state index in [0.717, 1.165) is 10.9 Å². The summed E-state index contributed by atoms with van der Waals surface area (Å²) in [5, 5.41) is 8.23. The molecule has 0 fully saturated rings. The molecule has 0 spiro atoms. The lowest BCUT2D eigenvalue weighted by Gasteiger charge is -1.97. The number of esters is 1. The molecule has 0 radical (unpaired) electrons. The molecule has 0 amide bonds. The largest absolute Gasteiger partial charge is 0.461 e. The maximum Gasteiger partial charge on any atom is 0.354 e. The lowest BCUT2D eigenvalue weighted by atomic mass is 10.1. The minimum atomic E-state index is -0.381. The average Bonchev–Trinajstić information content (AvgIpc) is 2.71. The maximum absolute atomic E-state index is 11.5. The third-order valence-corrected chi connectivity index (χ3v) is 2.43. The van der Waals surface area contributed by atoms with Crippen LogP contribution in [0.1, 0.15) is 23.0 Å². The number of nitrogens with two attached hydrogens (primary N) is 1. The van der Waals surface area contributed by atoms with Crippen molar-refractivity contribution in [3.8, 4) is 0 Å². The molecule has 0 saturated carbocycles. The van der Waals surface area contributed by atoms with Gasteiger partial charge >= 0.3 is 5.97 Å². The molecule has 2 rings (SSSR count). The number of fused-ring (bicyclic) bond motifs is 1. The molecule has 0 aliphatic carbocycles. The molecule has 0 aliphatic heterocycles. The molecule has 1 aromatic heterocycles. The molecule has 4 N–H and O–H groups in total. The normalized spacial score (nSPS) is 10.4. The van der Waals surface area contributed by atoms with Gasteiger partial charge < -0.3 is 15.5 Å². The highest BCUT2D eigenvalue weighted by atomic mass is 16.5. The first-order valence-electron chi connectivity index (χ1n) is 5.26. The molecule has 1 aromatic carbocycles. The summed E-state index contributed by atoms with van der Waals surface area (Å²) in [5.41, 5.74) is 7.19. The highest BCUT2D eigenvalue weighted by Crippen LogP contribution is 2.17.